The second-order valence-electron chi connectivity index (χ2n) is 6.26. The van der Waals surface area contributed by atoms with E-state index in [0.29, 0.717) is 12.6 Å². The molecule has 0 aromatic carbocycles. The van der Waals surface area contributed by atoms with Gasteiger partial charge in [0.2, 0.25) is 0 Å². The van der Waals surface area contributed by atoms with E-state index in [0.717, 1.165) is 37.1 Å². The Kier molecular flexibility index (Phi) is 4.91. The maximum absolute atomic E-state index is 8.75. The van der Waals surface area contributed by atoms with Gasteiger partial charge in [-0.05, 0) is 44.6 Å². The molecule has 0 radical (unpaired) electrons. The van der Waals surface area contributed by atoms with Gasteiger partial charge in [0.05, 0.1) is 30.2 Å². The van der Waals surface area contributed by atoms with Crippen molar-refractivity contribution in [2.24, 2.45) is 5.16 Å². The molecule has 0 saturated heterocycles. The van der Waals surface area contributed by atoms with Crippen LogP contribution in [-0.4, -0.2) is 26.8 Å². The van der Waals surface area contributed by atoms with Crippen molar-refractivity contribution < 1.29 is 9.94 Å². The molecule has 2 aliphatic rings. The molecule has 0 aliphatic heterocycles. The van der Waals surface area contributed by atoms with Gasteiger partial charge in [0.1, 0.15) is 0 Å². The molecule has 0 spiro atoms. The monoisotopic (exact) mass is 291 g/mol. The Hall–Kier alpha value is -1.36. The highest BCUT2D eigenvalue weighted by atomic mass is 16.5. The Morgan fingerprint density at radius 3 is 2.67 bits per heavy atom. The predicted octanol–water partition coefficient (Wildman–Crippen LogP) is 3.68. The standard InChI is InChI=1S/C16H25N3O2/c20-18-13-6-8-16(9-7-13)21-12-14-10-11-19(17-14)15-4-2-1-3-5-15/h10-11,15-16,20H,1-9,12H2. The van der Waals surface area contributed by atoms with Gasteiger partial charge < -0.3 is 9.94 Å². The molecule has 0 unspecified atom stereocenters. The molecule has 0 atom stereocenters. The van der Waals surface area contributed by atoms with Crippen LogP contribution in [0.4, 0.5) is 0 Å². The number of ether oxygens (including phenoxy) is 1. The summed E-state index contributed by atoms with van der Waals surface area (Å²) in [6.07, 6.45) is 12.5. The van der Waals surface area contributed by atoms with Crippen LogP contribution in [-0.2, 0) is 11.3 Å². The van der Waals surface area contributed by atoms with Crippen molar-refractivity contribution in [2.45, 2.75) is 76.5 Å². The third-order valence-corrected chi connectivity index (χ3v) is 4.73. The van der Waals surface area contributed by atoms with Crippen molar-refractivity contribution >= 4 is 5.71 Å². The molecule has 1 aromatic rings. The largest absolute Gasteiger partial charge is 0.411 e. The minimum absolute atomic E-state index is 0.273. The molecule has 3 rings (SSSR count). The first-order valence-electron chi connectivity index (χ1n) is 8.20. The Morgan fingerprint density at radius 2 is 1.95 bits per heavy atom. The van der Waals surface area contributed by atoms with E-state index in [1.54, 1.807) is 0 Å². The lowest BCUT2D eigenvalue weighted by Crippen LogP contribution is -2.21. The van der Waals surface area contributed by atoms with Crippen LogP contribution in [0.3, 0.4) is 0 Å². The topological polar surface area (TPSA) is 59.6 Å². The summed E-state index contributed by atoms with van der Waals surface area (Å²) < 4.78 is 8.08. The van der Waals surface area contributed by atoms with Crippen LogP contribution in [0.25, 0.3) is 0 Å². The zero-order chi connectivity index (χ0) is 14.5. The Labute approximate surface area is 126 Å². The van der Waals surface area contributed by atoms with Crippen LogP contribution in [0, 0.1) is 0 Å². The average molecular weight is 291 g/mol. The Balaban J connectivity index is 1.46. The highest BCUT2D eigenvalue weighted by Crippen LogP contribution is 2.27. The van der Waals surface area contributed by atoms with Crippen molar-refractivity contribution in [2.75, 3.05) is 0 Å². The third kappa shape index (κ3) is 3.84. The predicted molar refractivity (Wildman–Crippen MR) is 80.6 cm³/mol. The summed E-state index contributed by atoms with van der Waals surface area (Å²) in [5, 5.41) is 16.7. The zero-order valence-corrected chi connectivity index (χ0v) is 12.6. The van der Waals surface area contributed by atoms with Crippen molar-refractivity contribution in [1.29, 1.82) is 0 Å². The number of nitrogens with zero attached hydrogens (tertiary/aromatic N) is 3. The number of hydrogen-bond acceptors (Lipinski definition) is 4. The second-order valence-corrected chi connectivity index (χ2v) is 6.26. The maximum Gasteiger partial charge on any atom is 0.0910 e. The summed E-state index contributed by atoms with van der Waals surface area (Å²) in [4.78, 5) is 0. The molecule has 5 nitrogen and oxygen atoms in total. The van der Waals surface area contributed by atoms with Crippen molar-refractivity contribution in [3.05, 3.63) is 18.0 Å². The average Bonchev–Trinajstić information content (AvgIpc) is 3.03. The van der Waals surface area contributed by atoms with Crippen molar-refractivity contribution in [3.8, 4) is 0 Å². The van der Waals surface area contributed by atoms with Crippen LogP contribution in [0.1, 0.15) is 69.5 Å². The van der Waals surface area contributed by atoms with Gasteiger partial charge >= 0.3 is 0 Å². The Bertz CT molecular complexity index is 468. The molecule has 1 N–H and O–H groups in total. The van der Waals surface area contributed by atoms with Gasteiger partial charge in [-0.25, -0.2) is 0 Å². The summed E-state index contributed by atoms with van der Waals surface area (Å²) in [7, 11) is 0. The number of aromatic nitrogens is 2. The number of hydrogen-bond donors (Lipinski definition) is 1. The molecule has 116 valence electrons. The second kappa shape index (κ2) is 7.07. The maximum atomic E-state index is 8.75. The summed E-state index contributed by atoms with van der Waals surface area (Å²) >= 11 is 0. The number of oxime groups is 1. The molecule has 1 aromatic heterocycles. The van der Waals surface area contributed by atoms with Gasteiger partial charge in [-0.3, -0.25) is 4.68 Å². The summed E-state index contributed by atoms with van der Waals surface area (Å²) in [5.41, 5.74) is 1.93. The molecular weight excluding hydrogens is 266 g/mol. The minimum Gasteiger partial charge on any atom is -0.411 e. The van der Waals surface area contributed by atoms with Crippen LogP contribution >= 0.6 is 0 Å². The molecule has 0 amide bonds. The lowest BCUT2D eigenvalue weighted by atomic mass is 9.96. The van der Waals surface area contributed by atoms with E-state index in [1.165, 1.54) is 32.1 Å². The van der Waals surface area contributed by atoms with Crippen LogP contribution in [0.15, 0.2) is 17.4 Å². The lowest BCUT2D eigenvalue weighted by Gasteiger charge is -2.23. The van der Waals surface area contributed by atoms with Crippen molar-refractivity contribution in [3.63, 3.8) is 0 Å². The Morgan fingerprint density at radius 1 is 1.19 bits per heavy atom. The third-order valence-electron chi connectivity index (χ3n) is 4.73. The van der Waals surface area contributed by atoms with Crippen LogP contribution in [0.2, 0.25) is 0 Å². The normalized spacial score (nSPS) is 24.2. The minimum atomic E-state index is 0.273. The van der Waals surface area contributed by atoms with Gasteiger partial charge in [-0.1, -0.05) is 24.4 Å². The van der Waals surface area contributed by atoms with Crippen molar-refractivity contribution in [1.82, 2.24) is 9.78 Å². The smallest absolute Gasteiger partial charge is 0.0910 e. The quantitative estimate of drug-likeness (QED) is 0.680. The molecule has 2 saturated carbocycles. The first-order chi connectivity index (χ1) is 10.3. The van der Waals surface area contributed by atoms with Gasteiger partial charge in [0.15, 0.2) is 0 Å². The highest BCUT2D eigenvalue weighted by molar-refractivity contribution is 5.84. The molecule has 5 heteroatoms. The molecule has 2 fully saturated rings. The summed E-state index contributed by atoms with van der Waals surface area (Å²) in [6, 6.07) is 2.67. The zero-order valence-electron chi connectivity index (χ0n) is 12.6. The highest BCUT2D eigenvalue weighted by Gasteiger charge is 2.19. The fraction of sp³-hybridized carbons (Fsp3) is 0.750. The van der Waals surface area contributed by atoms with E-state index in [4.69, 9.17) is 9.94 Å². The van der Waals surface area contributed by atoms with Gasteiger partial charge in [0, 0.05) is 6.20 Å². The summed E-state index contributed by atoms with van der Waals surface area (Å²) in [6.45, 7) is 0.593. The van der Waals surface area contributed by atoms with E-state index in [2.05, 4.69) is 27.2 Å². The fourth-order valence-corrected chi connectivity index (χ4v) is 3.40. The van der Waals surface area contributed by atoms with E-state index in [9.17, 15) is 0 Å². The van der Waals surface area contributed by atoms with Gasteiger partial charge in [-0.2, -0.15) is 5.10 Å². The first kappa shape index (κ1) is 14.6. The summed E-state index contributed by atoms with van der Waals surface area (Å²) in [5.74, 6) is 0. The molecule has 1 heterocycles. The molecule has 0 bridgehead atoms. The van der Waals surface area contributed by atoms with E-state index in [-0.39, 0.29) is 6.10 Å². The first-order valence-corrected chi connectivity index (χ1v) is 8.20. The number of rotatable bonds is 4. The lowest BCUT2D eigenvalue weighted by molar-refractivity contribution is 0.0256. The molecular formula is C16H25N3O2. The van der Waals surface area contributed by atoms with E-state index >= 15 is 0 Å². The SMILES string of the molecule is ON=C1CCC(OCc2ccn(C3CCCCC3)n2)CC1. The van der Waals surface area contributed by atoms with Gasteiger partial charge in [-0.15, -0.1) is 0 Å². The fourth-order valence-electron chi connectivity index (χ4n) is 3.40. The van der Waals surface area contributed by atoms with Crippen LogP contribution in [0.5, 0.6) is 0 Å². The molecule has 2 aliphatic carbocycles. The molecule has 21 heavy (non-hydrogen) atoms. The van der Waals surface area contributed by atoms with Gasteiger partial charge in [0.25, 0.3) is 0 Å². The van der Waals surface area contributed by atoms with E-state index < -0.39 is 0 Å². The van der Waals surface area contributed by atoms with E-state index in [1.807, 2.05) is 0 Å². The van der Waals surface area contributed by atoms with Crippen LogP contribution < -0.4 is 0 Å².